The van der Waals surface area contributed by atoms with Gasteiger partial charge in [-0.2, -0.15) is 0 Å². The molecule has 0 aliphatic carbocycles. The number of nitrogens with one attached hydrogen (secondary N) is 1. The molecule has 1 nitrogen and oxygen atoms in total. The first-order valence-electron chi connectivity index (χ1n) is 6.46. The lowest BCUT2D eigenvalue weighted by Gasteiger charge is -2.20. The van der Waals surface area contributed by atoms with Crippen LogP contribution in [0.2, 0.25) is 5.02 Å². The Hall–Kier alpha value is -0.900. The van der Waals surface area contributed by atoms with Gasteiger partial charge in [-0.05, 0) is 70.4 Å². The van der Waals surface area contributed by atoms with Crippen molar-refractivity contribution in [2.24, 2.45) is 0 Å². The Morgan fingerprint density at radius 1 is 1.20 bits per heavy atom. The van der Waals surface area contributed by atoms with Gasteiger partial charge in [0.1, 0.15) is 5.82 Å². The SMILES string of the molecule is CCNC(c1cc(C)cc(F)c1)c1ccc(Br)c(Cl)c1. The highest BCUT2D eigenvalue weighted by Crippen LogP contribution is 2.29. The van der Waals surface area contributed by atoms with Crippen molar-refractivity contribution >= 4 is 27.5 Å². The zero-order valence-electron chi connectivity index (χ0n) is 11.4. The highest BCUT2D eigenvalue weighted by atomic mass is 79.9. The van der Waals surface area contributed by atoms with E-state index in [0.717, 1.165) is 27.7 Å². The summed E-state index contributed by atoms with van der Waals surface area (Å²) >= 11 is 9.54. The third-order valence-corrected chi connectivity index (χ3v) is 4.32. The highest BCUT2D eigenvalue weighted by molar-refractivity contribution is 9.10. The molecular formula is C16H16BrClFN. The van der Waals surface area contributed by atoms with Gasteiger partial charge in [-0.25, -0.2) is 4.39 Å². The molecule has 2 aromatic rings. The average molecular weight is 357 g/mol. The quantitative estimate of drug-likeness (QED) is 0.789. The Morgan fingerprint density at radius 3 is 2.55 bits per heavy atom. The van der Waals surface area contributed by atoms with Crippen molar-refractivity contribution in [2.45, 2.75) is 19.9 Å². The number of rotatable bonds is 4. The molecule has 0 heterocycles. The first-order chi connectivity index (χ1) is 9.51. The van der Waals surface area contributed by atoms with Gasteiger partial charge >= 0.3 is 0 Å². The number of halogens is 3. The molecule has 4 heteroatoms. The van der Waals surface area contributed by atoms with Gasteiger partial charge in [0.25, 0.3) is 0 Å². The van der Waals surface area contributed by atoms with Gasteiger partial charge in [0.05, 0.1) is 11.1 Å². The van der Waals surface area contributed by atoms with Crippen LogP contribution in [0.5, 0.6) is 0 Å². The van der Waals surface area contributed by atoms with Crippen molar-refractivity contribution in [1.82, 2.24) is 5.32 Å². The summed E-state index contributed by atoms with van der Waals surface area (Å²) in [7, 11) is 0. The molecule has 1 unspecified atom stereocenters. The molecule has 0 aliphatic rings. The van der Waals surface area contributed by atoms with E-state index < -0.39 is 0 Å². The molecule has 0 saturated heterocycles. The second-order valence-electron chi connectivity index (χ2n) is 4.73. The summed E-state index contributed by atoms with van der Waals surface area (Å²) in [5.41, 5.74) is 2.83. The van der Waals surface area contributed by atoms with Gasteiger partial charge in [0, 0.05) is 4.47 Å². The van der Waals surface area contributed by atoms with Gasteiger partial charge in [-0.1, -0.05) is 30.7 Å². The van der Waals surface area contributed by atoms with Crippen molar-refractivity contribution in [3.63, 3.8) is 0 Å². The van der Waals surface area contributed by atoms with Crippen LogP contribution in [0.1, 0.15) is 29.7 Å². The Balaban J connectivity index is 2.46. The molecule has 0 aromatic heterocycles. The molecule has 1 N–H and O–H groups in total. The Kier molecular flexibility index (Phi) is 5.19. The summed E-state index contributed by atoms with van der Waals surface area (Å²) in [6, 6.07) is 10.8. The molecule has 0 saturated carbocycles. The Labute approximate surface area is 132 Å². The van der Waals surface area contributed by atoms with E-state index in [0.29, 0.717) is 5.02 Å². The first kappa shape index (κ1) is 15.5. The van der Waals surface area contributed by atoms with Gasteiger partial charge in [-0.15, -0.1) is 0 Å². The van der Waals surface area contributed by atoms with E-state index >= 15 is 0 Å². The second-order valence-corrected chi connectivity index (χ2v) is 5.99. The monoisotopic (exact) mass is 355 g/mol. The molecule has 0 amide bonds. The molecule has 1 atom stereocenters. The average Bonchev–Trinajstić information content (AvgIpc) is 2.38. The minimum Gasteiger partial charge on any atom is -0.307 e. The standard InChI is InChI=1S/C16H16BrClFN/c1-3-20-16(11-4-5-14(17)15(18)9-11)12-6-10(2)7-13(19)8-12/h4-9,16,20H,3H2,1-2H3. The fourth-order valence-electron chi connectivity index (χ4n) is 2.26. The molecule has 106 valence electrons. The van der Waals surface area contributed by atoms with Crippen LogP contribution in [0.3, 0.4) is 0 Å². The van der Waals surface area contributed by atoms with Gasteiger partial charge in [-0.3, -0.25) is 0 Å². The lowest BCUT2D eigenvalue weighted by atomic mass is 9.97. The maximum Gasteiger partial charge on any atom is 0.123 e. The second kappa shape index (κ2) is 6.70. The first-order valence-corrected chi connectivity index (χ1v) is 7.63. The van der Waals surface area contributed by atoms with E-state index in [9.17, 15) is 4.39 Å². The summed E-state index contributed by atoms with van der Waals surface area (Å²) in [6.45, 7) is 4.71. The summed E-state index contributed by atoms with van der Waals surface area (Å²) in [5.74, 6) is -0.217. The van der Waals surface area contributed by atoms with E-state index in [1.54, 1.807) is 6.07 Å². The zero-order chi connectivity index (χ0) is 14.7. The normalized spacial score (nSPS) is 12.4. The van der Waals surface area contributed by atoms with Crippen molar-refractivity contribution < 1.29 is 4.39 Å². The highest BCUT2D eigenvalue weighted by Gasteiger charge is 2.15. The topological polar surface area (TPSA) is 12.0 Å². The van der Waals surface area contributed by atoms with Crippen LogP contribution in [0, 0.1) is 12.7 Å². The van der Waals surface area contributed by atoms with Gasteiger partial charge in [0.15, 0.2) is 0 Å². The summed E-state index contributed by atoms with van der Waals surface area (Å²) in [5, 5.41) is 4.03. The van der Waals surface area contributed by atoms with E-state index in [2.05, 4.69) is 21.2 Å². The van der Waals surface area contributed by atoms with Crippen LogP contribution in [-0.2, 0) is 0 Å². The number of hydrogen-bond donors (Lipinski definition) is 1. The maximum atomic E-state index is 13.6. The van der Waals surface area contributed by atoms with Crippen molar-refractivity contribution in [1.29, 1.82) is 0 Å². The van der Waals surface area contributed by atoms with Crippen LogP contribution in [0.15, 0.2) is 40.9 Å². The van der Waals surface area contributed by atoms with Crippen molar-refractivity contribution in [3.05, 3.63) is 68.4 Å². The predicted molar refractivity (Wildman–Crippen MR) is 85.8 cm³/mol. The van der Waals surface area contributed by atoms with Crippen LogP contribution < -0.4 is 5.32 Å². The molecule has 0 fully saturated rings. The van der Waals surface area contributed by atoms with E-state index in [1.807, 2.05) is 38.1 Å². The minimum absolute atomic E-state index is 0.0694. The van der Waals surface area contributed by atoms with Gasteiger partial charge < -0.3 is 5.32 Å². The van der Waals surface area contributed by atoms with Crippen LogP contribution >= 0.6 is 27.5 Å². The number of aryl methyl sites for hydroxylation is 1. The summed E-state index contributed by atoms with van der Waals surface area (Å²) in [6.07, 6.45) is 0. The molecule has 0 aliphatic heterocycles. The van der Waals surface area contributed by atoms with E-state index in [4.69, 9.17) is 11.6 Å². The third kappa shape index (κ3) is 3.60. The number of hydrogen-bond acceptors (Lipinski definition) is 1. The zero-order valence-corrected chi connectivity index (χ0v) is 13.7. The van der Waals surface area contributed by atoms with E-state index in [-0.39, 0.29) is 11.9 Å². The Morgan fingerprint density at radius 2 is 1.95 bits per heavy atom. The number of benzene rings is 2. The molecule has 20 heavy (non-hydrogen) atoms. The molecular weight excluding hydrogens is 341 g/mol. The van der Waals surface area contributed by atoms with Crippen LogP contribution in [0.4, 0.5) is 4.39 Å². The fraction of sp³-hybridized carbons (Fsp3) is 0.250. The Bertz CT molecular complexity index is 595. The van der Waals surface area contributed by atoms with Gasteiger partial charge in [0.2, 0.25) is 0 Å². The fourth-order valence-corrected chi connectivity index (χ4v) is 2.69. The smallest absolute Gasteiger partial charge is 0.123 e. The van der Waals surface area contributed by atoms with Crippen molar-refractivity contribution in [2.75, 3.05) is 6.54 Å². The van der Waals surface area contributed by atoms with Crippen LogP contribution in [-0.4, -0.2) is 6.54 Å². The lowest BCUT2D eigenvalue weighted by Crippen LogP contribution is -2.22. The lowest BCUT2D eigenvalue weighted by molar-refractivity contribution is 0.602. The molecule has 0 spiro atoms. The van der Waals surface area contributed by atoms with E-state index in [1.165, 1.54) is 6.07 Å². The summed E-state index contributed by atoms with van der Waals surface area (Å²) in [4.78, 5) is 0. The molecule has 2 rings (SSSR count). The molecule has 0 bridgehead atoms. The predicted octanol–water partition coefficient (Wildman–Crippen LogP) is 5.25. The van der Waals surface area contributed by atoms with Crippen molar-refractivity contribution in [3.8, 4) is 0 Å². The minimum atomic E-state index is -0.217. The molecule has 2 aromatic carbocycles. The third-order valence-electron chi connectivity index (χ3n) is 3.08. The molecule has 0 radical (unpaired) electrons. The van der Waals surface area contributed by atoms with Crippen LogP contribution in [0.25, 0.3) is 0 Å². The summed E-state index contributed by atoms with van der Waals surface area (Å²) < 4.78 is 14.5. The largest absolute Gasteiger partial charge is 0.307 e. The maximum absolute atomic E-state index is 13.6.